The lowest BCUT2D eigenvalue weighted by molar-refractivity contribution is 0.0299. The molecule has 4 rings (SSSR count). The number of hydrogen-bond donors (Lipinski definition) is 1. The number of imidazole rings is 1. The van der Waals surface area contributed by atoms with Crippen LogP contribution in [0.5, 0.6) is 0 Å². The van der Waals surface area contributed by atoms with Crippen LogP contribution in [-0.2, 0) is 17.6 Å². The van der Waals surface area contributed by atoms with E-state index in [1.54, 1.807) is 11.3 Å². The molecule has 3 heterocycles. The predicted molar refractivity (Wildman–Crippen MR) is 102 cm³/mol. The predicted octanol–water partition coefficient (Wildman–Crippen LogP) is 3.06. The van der Waals surface area contributed by atoms with Crippen LogP contribution in [0.2, 0.25) is 0 Å². The first kappa shape index (κ1) is 17.2. The number of carbonyl (C=O) groups is 1. The van der Waals surface area contributed by atoms with Crippen LogP contribution in [0.25, 0.3) is 11.0 Å². The van der Waals surface area contributed by atoms with E-state index >= 15 is 0 Å². The summed E-state index contributed by atoms with van der Waals surface area (Å²) >= 11 is 1.58. The van der Waals surface area contributed by atoms with Crippen LogP contribution >= 0.6 is 11.3 Å². The van der Waals surface area contributed by atoms with Crippen LogP contribution in [0.15, 0.2) is 29.6 Å². The second-order valence-corrected chi connectivity index (χ2v) is 7.38. The third-order valence-corrected chi connectivity index (χ3v) is 5.47. The number of aromatic nitrogens is 3. The first-order valence-electron chi connectivity index (χ1n) is 9.04. The second-order valence-electron chi connectivity index (χ2n) is 6.44. The zero-order valence-corrected chi connectivity index (χ0v) is 15.4. The maximum Gasteiger partial charge on any atom is 0.273 e. The van der Waals surface area contributed by atoms with Crippen LogP contribution in [0.3, 0.4) is 0 Å². The number of hydrogen-bond acceptors (Lipinski definition) is 5. The fourth-order valence-electron chi connectivity index (χ4n) is 3.15. The number of unbranched alkanes of at least 4 members (excludes halogenated alkanes) is 1. The van der Waals surface area contributed by atoms with Crippen molar-refractivity contribution in [2.24, 2.45) is 0 Å². The highest BCUT2D eigenvalue weighted by Crippen LogP contribution is 2.16. The number of amides is 1. The molecule has 1 aromatic carbocycles. The van der Waals surface area contributed by atoms with Gasteiger partial charge in [0.1, 0.15) is 11.5 Å². The number of morpholine rings is 1. The van der Waals surface area contributed by atoms with Gasteiger partial charge in [-0.2, -0.15) is 0 Å². The summed E-state index contributed by atoms with van der Waals surface area (Å²) < 4.78 is 5.29. The Morgan fingerprint density at radius 1 is 1.15 bits per heavy atom. The van der Waals surface area contributed by atoms with Crippen LogP contribution in [0, 0.1) is 0 Å². The van der Waals surface area contributed by atoms with Gasteiger partial charge in [0, 0.05) is 24.9 Å². The van der Waals surface area contributed by atoms with Crippen LogP contribution in [-0.4, -0.2) is 52.1 Å². The number of para-hydroxylation sites is 2. The Morgan fingerprint density at radius 2 is 1.96 bits per heavy atom. The van der Waals surface area contributed by atoms with E-state index in [0.717, 1.165) is 47.5 Å². The van der Waals surface area contributed by atoms with Gasteiger partial charge >= 0.3 is 0 Å². The van der Waals surface area contributed by atoms with Gasteiger partial charge in [-0.1, -0.05) is 12.1 Å². The Balaban J connectivity index is 1.26. The lowest BCUT2D eigenvalue weighted by atomic mass is 10.2. The van der Waals surface area contributed by atoms with Crippen molar-refractivity contribution < 1.29 is 9.53 Å². The topological polar surface area (TPSA) is 71.1 Å². The Labute approximate surface area is 156 Å². The van der Waals surface area contributed by atoms with Gasteiger partial charge in [-0.15, -0.1) is 11.3 Å². The Morgan fingerprint density at radius 3 is 2.81 bits per heavy atom. The number of thiazole rings is 1. The number of aryl methyl sites for hydroxylation is 2. The number of ether oxygens (including phenoxy) is 1. The molecule has 6 nitrogen and oxygen atoms in total. The molecular weight excluding hydrogens is 348 g/mol. The molecule has 0 radical (unpaired) electrons. The van der Waals surface area contributed by atoms with Crippen molar-refractivity contribution in [2.45, 2.75) is 25.7 Å². The standard InChI is InChI=1S/C19H22N4O2S/c24-19(23-9-11-25-12-10-23)16-13-26-18(22-16)8-4-3-7-17-20-14-5-1-2-6-15(14)21-17/h1-2,5-6,13H,3-4,7-12H2,(H,20,21). The molecule has 1 aliphatic rings. The van der Waals surface area contributed by atoms with Crippen molar-refractivity contribution >= 4 is 28.3 Å². The largest absolute Gasteiger partial charge is 0.378 e. The van der Waals surface area contributed by atoms with E-state index in [4.69, 9.17) is 4.74 Å². The maximum atomic E-state index is 12.4. The zero-order valence-electron chi connectivity index (χ0n) is 14.6. The van der Waals surface area contributed by atoms with E-state index in [2.05, 4.69) is 21.0 Å². The van der Waals surface area contributed by atoms with Gasteiger partial charge in [0.05, 0.1) is 29.3 Å². The van der Waals surface area contributed by atoms with E-state index in [0.29, 0.717) is 32.0 Å². The Bertz CT molecular complexity index is 849. The normalized spacial score (nSPS) is 14.8. The number of H-pyrrole nitrogens is 1. The van der Waals surface area contributed by atoms with Crippen molar-refractivity contribution in [1.82, 2.24) is 19.9 Å². The molecule has 7 heteroatoms. The molecule has 0 saturated carbocycles. The molecule has 0 unspecified atom stereocenters. The fraction of sp³-hybridized carbons (Fsp3) is 0.421. The van der Waals surface area contributed by atoms with Crippen LogP contribution in [0.1, 0.15) is 34.2 Å². The van der Waals surface area contributed by atoms with E-state index in [-0.39, 0.29) is 5.91 Å². The SMILES string of the molecule is O=C(c1csc(CCCCc2nc3ccccc3[nH]2)n1)N1CCOCC1. The number of benzene rings is 1. The van der Waals surface area contributed by atoms with Gasteiger partial charge in [-0.05, 0) is 31.4 Å². The van der Waals surface area contributed by atoms with Crippen molar-refractivity contribution in [3.8, 4) is 0 Å². The first-order chi connectivity index (χ1) is 12.8. The molecule has 1 amide bonds. The first-order valence-corrected chi connectivity index (χ1v) is 9.92. The summed E-state index contributed by atoms with van der Waals surface area (Å²) in [5.41, 5.74) is 2.69. The third kappa shape index (κ3) is 3.94. The molecule has 0 atom stereocenters. The number of aromatic amines is 1. The van der Waals surface area contributed by atoms with Crippen molar-refractivity contribution in [3.05, 3.63) is 46.2 Å². The molecule has 0 aliphatic carbocycles. The number of carbonyl (C=O) groups excluding carboxylic acids is 1. The molecule has 136 valence electrons. The number of nitrogens with zero attached hydrogens (tertiary/aromatic N) is 3. The van der Waals surface area contributed by atoms with E-state index in [1.807, 2.05) is 28.5 Å². The zero-order chi connectivity index (χ0) is 17.8. The molecule has 1 fully saturated rings. The highest BCUT2D eigenvalue weighted by Gasteiger charge is 2.20. The van der Waals surface area contributed by atoms with E-state index in [9.17, 15) is 4.79 Å². The van der Waals surface area contributed by atoms with Crippen LogP contribution in [0.4, 0.5) is 0 Å². The molecule has 0 spiro atoms. The van der Waals surface area contributed by atoms with Gasteiger partial charge < -0.3 is 14.6 Å². The quantitative estimate of drug-likeness (QED) is 0.677. The lowest BCUT2D eigenvalue weighted by Crippen LogP contribution is -2.40. The molecular formula is C19H22N4O2S. The minimum absolute atomic E-state index is 0.0260. The summed E-state index contributed by atoms with van der Waals surface area (Å²) in [6.07, 6.45) is 3.92. The van der Waals surface area contributed by atoms with Gasteiger partial charge in [-0.25, -0.2) is 9.97 Å². The van der Waals surface area contributed by atoms with Crippen LogP contribution < -0.4 is 0 Å². The van der Waals surface area contributed by atoms with Gasteiger partial charge in [0.2, 0.25) is 0 Å². The van der Waals surface area contributed by atoms with Crippen molar-refractivity contribution in [3.63, 3.8) is 0 Å². The number of fused-ring (bicyclic) bond motifs is 1. The molecule has 26 heavy (non-hydrogen) atoms. The van der Waals surface area contributed by atoms with Gasteiger partial charge in [0.25, 0.3) is 5.91 Å². The minimum Gasteiger partial charge on any atom is -0.378 e. The van der Waals surface area contributed by atoms with Crippen molar-refractivity contribution in [2.75, 3.05) is 26.3 Å². The monoisotopic (exact) mass is 370 g/mol. The van der Waals surface area contributed by atoms with E-state index in [1.165, 1.54) is 0 Å². The lowest BCUT2D eigenvalue weighted by Gasteiger charge is -2.25. The summed E-state index contributed by atoms with van der Waals surface area (Å²) in [6.45, 7) is 2.54. The average molecular weight is 370 g/mol. The summed E-state index contributed by atoms with van der Waals surface area (Å²) in [5.74, 6) is 1.06. The fourth-order valence-corrected chi connectivity index (χ4v) is 3.96. The summed E-state index contributed by atoms with van der Waals surface area (Å²) in [5, 5.41) is 2.91. The second kappa shape index (κ2) is 7.97. The Kier molecular flexibility index (Phi) is 5.26. The molecule has 0 bridgehead atoms. The number of nitrogens with one attached hydrogen (secondary N) is 1. The molecule has 1 aliphatic heterocycles. The summed E-state index contributed by atoms with van der Waals surface area (Å²) in [7, 11) is 0. The summed E-state index contributed by atoms with van der Waals surface area (Å²) in [4.78, 5) is 26.7. The van der Waals surface area contributed by atoms with Crippen molar-refractivity contribution in [1.29, 1.82) is 0 Å². The molecule has 3 aromatic rings. The third-order valence-electron chi connectivity index (χ3n) is 4.56. The summed E-state index contributed by atoms with van der Waals surface area (Å²) in [6, 6.07) is 8.10. The molecule has 1 saturated heterocycles. The highest BCUT2D eigenvalue weighted by atomic mass is 32.1. The van der Waals surface area contributed by atoms with Gasteiger partial charge in [0.15, 0.2) is 0 Å². The number of rotatable bonds is 6. The molecule has 1 N–H and O–H groups in total. The minimum atomic E-state index is 0.0260. The van der Waals surface area contributed by atoms with Gasteiger partial charge in [-0.3, -0.25) is 4.79 Å². The average Bonchev–Trinajstić information content (AvgIpc) is 3.32. The smallest absolute Gasteiger partial charge is 0.273 e. The van der Waals surface area contributed by atoms with E-state index < -0.39 is 0 Å². The molecule has 2 aromatic heterocycles. The highest BCUT2D eigenvalue weighted by molar-refractivity contribution is 7.09. The Hall–Kier alpha value is -2.25. The maximum absolute atomic E-state index is 12.4.